The van der Waals surface area contributed by atoms with E-state index in [0.717, 1.165) is 22.6 Å². The van der Waals surface area contributed by atoms with Crippen LogP contribution in [0.1, 0.15) is 11.1 Å². The molecule has 0 atom stereocenters. The van der Waals surface area contributed by atoms with Crippen LogP contribution in [0.2, 0.25) is 5.02 Å². The molecular weight excluding hydrogens is 446 g/mol. The van der Waals surface area contributed by atoms with Gasteiger partial charge in [0.25, 0.3) is 0 Å². The third-order valence-electron chi connectivity index (χ3n) is 4.34. The molecule has 8 heteroatoms. The van der Waals surface area contributed by atoms with Crippen LogP contribution in [-0.4, -0.2) is 31.7 Å². The highest BCUT2D eigenvalue weighted by molar-refractivity contribution is 7.80. The molecule has 0 aliphatic carbocycles. The first-order valence-corrected chi connectivity index (χ1v) is 10.7. The zero-order valence-corrected chi connectivity index (χ0v) is 19.4. The number of rotatable bonds is 9. The lowest BCUT2D eigenvalue weighted by Gasteiger charge is -2.14. The molecule has 3 aromatic carbocycles. The molecule has 0 aliphatic rings. The molecule has 0 bridgehead atoms. The Balaban J connectivity index is 1.55. The summed E-state index contributed by atoms with van der Waals surface area (Å²) in [6, 6.07) is 20.9. The van der Waals surface area contributed by atoms with E-state index in [1.54, 1.807) is 25.5 Å². The summed E-state index contributed by atoms with van der Waals surface area (Å²) in [5, 5.41) is 7.97. The molecule has 3 rings (SSSR count). The largest absolute Gasteiger partial charge is 0.493 e. The summed E-state index contributed by atoms with van der Waals surface area (Å²) in [5.41, 5.74) is 5.44. The van der Waals surface area contributed by atoms with Gasteiger partial charge in [-0.25, -0.2) is 0 Å². The summed E-state index contributed by atoms with van der Waals surface area (Å²) in [6.45, 7) is 2.69. The highest BCUT2D eigenvalue weighted by Gasteiger charge is 2.12. The smallest absolute Gasteiger partial charge is 0.191 e. The minimum Gasteiger partial charge on any atom is -0.493 e. The standard InChI is InChI=1S/C24H24ClN3O3S/c1-17-8-6-7-11-21(17)30-12-13-31-23-20(25)14-18(15-22(23)29-2)16-26-28-24(32)27-19-9-4-3-5-10-19/h3-11,14-16H,12-13H2,1-2H3,(H2,27,28,32)/b26-16-. The third kappa shape index (κ3) is 6.87. The van der Waals surface area contributed by atoms with Crippen LogP contribution >= 0.6 is 23.8 Å². The second-order valence-corrected chi connectivity index (χ2v) is 7.50. The third-order valence-corrected chi connectivity index (χ3v) is 4.82. The number of thiocarbonyl (C=S) groups is 1. The number of benzene rings is 3. The fourth-order valence-electron chi connectivity index (χ4n) is 2.81. The molecule has 166 valence electrons. The number of hydrogen-bond acceptors (Lipinski definition) is 5. The maximum atomic E-state index is 6.42. The van der Waals surface area contributed by atoms with Gasteiger partial charge in [-0.1, -0.05) is 48.0 Å². The topological polar surface area (TPSA) is 64.1 Å². The number of para-hydroxylation sites is 2. The van der Waals surface area contributed by atoms with Crippen molar-refractivity contribution in [3.8, 4) is 17.2 Å². The number of nitrogens with zero attached hydrogens (tertiary/aromatic N) is 1. The van der Waals surface area contributed by atoms with Gasteiger partial charge < -0.3 is 19.5 Å². The van der Waals surface area contributed by atoms with Crippen LogP contribution < -0.4 is 25.0 Å². The molecule has 0 heterocycles. The fraction of sp³-hybridized carbons (Fsp3) is 0.167. The zero-order valence-electron chi connectivity index (χ0n) is 17.8. The number of aryl methyl sites for hydroxylation is 1. The van der Waals surface area contributed by atoms with E-state index >= 15 is 0 Å². The molecule has 32 heavy (non-hydrogen) atoms. The molecule has 0 spiro atoms. The van der Waals surface area contributed by atoms with Crippen molar-refractivity contribution in [3.05, 3.63) is 82.9 Å². The van der Waals surface area contributed by atoms with Crippen molar-refractivity contribution in [2.75, 3.05) is 25.6 Å². The molecule has 0 saturated carbocycles. The first-order chi connectivity index (χ1) is 15.6. The summed E-state index contributed by atoms with van der Waals surface area (Å²) in [6.07, 6.45) is 1.60. The van der Waals surface area contributed by atoms with Gasteiger partial charge in [0.2, 0.25) is 0 Å². The lowest BCUT2D eigenvalue weighted by molar-refractivity contribution is 0.210. The number of methoxy groups -OCH3 is 1. The van der Waals surface area contributed by atoms with Crippen LogP contribution in [-0.2, 0) is 0 Å². The van der Waals surface area contributed by atoms with Gasteiger partial charge in [-0.2, -0.15) is 5.10 Å². The SMILES string of the molecule is COc1cc(/C=N\NC(=S)Nc2ccccc2)cc(Cl)c1OCCOc1ccccc1C. The summed E-state index contributed by atoms with van der Waals surface area (Å²) < 4.78 is 17.0. The molecule has 3 aromatic rings. The van der Waals surface area contributed by atoms with E-state index in [2.05, 4.69) is 15.8 Å². The number of nitrogens with one attached hydrogen (secondary N) is 2. The van der Waals surface area contributed by atoms with E-state index in [9.17, 15) is 0 Å². The second kappa shape index (κ2) is 11.9. The normalized spacial score (nSPS) is 10.6. The second-order valence-electron chi connectivity index (χ2n) is 6.69. The van der Waals surface area contributed by atoms with Crippen molar-refractivity contribution in [3.63, 3.8) is 0 Å². The minimum absolute atomic E-state index is 0.318. The van der Waals surface area contributed by atoms with E-state index in [1.165, 1.54) is 0 Å². The number of hydrogen-bond donors (Lipinski definition) is 2. The first kappa shape index (κ1) is 23.4. The first-order valence-electron chi connectivity index (χ1n) is 9.90. The Morgan fingerprint density at radius 1 is 1.00 bits per heavy atom. The number of hydrazone groups is 1. The van der Waals surface area contributed by atoms with Crippen molar-refractivity contribution in [2.45, 2.75) is 6.92 Å². The van der Waals surface area contributed by atoms with Gasteiger partial charge in [-0.15, -0.1) is 0 Å². The van der Waals surface area contributed by atoms with Gasteiger partial charge in [0.05, 0.1) is 18.3 Å². The van der Waals surface area contributed by atoms with Gasteiger partial charge >= 0.3 is 0 Å². The van der Waals surface area contributed by atoms with Crippen molar-refractivity contribution >= 4 is 40.8 Å². The Bertz CT molecular complexity index is 1080. The average molecular weight is 470 g/mol. The highest BCUT2D eigenvalue weighted by Crippen LogP contribution is 2.36. The van der Waals surface area contributed by atoms with Gasteiger partial charge in [-0.3, -0.25) is 5.43 Å². The quantitative estimate of drug-likeness (QED) is 0.188. The van der Waals surface area contributed by atoms with Crippen LogP contribution in [0.3, 0.4) is 0 Å². The highest BCUT2D eigenvalue weighted by atomic mass is 35.5. The van der Waals surface area contributed by atoms with Crippen molar-refractivity contribution < 1.29 is 14.2 Å². The average Bonchev–Trinajstić information content (AvgIpc) is 2.79. The fourth-order valence-corrected chi connectivity index (χ4v) is 3.26. The van der Waals surface area contributed by atoms with Crippen LogP contribution in [0, 0.1) is 6.92 Å². The number of anilines is 1. The molecule has 0 radical (unpaired) electrons. The predicted octanol–water partition coefficient (Wildman–Crippen LogP) is 5.44. The van der Waals surface area contributed by atoms with E-state index < -0.39 is 0 Å². The predicted molar refractivity (Wildman–Crippen MR) is 134 cm³/mol. The Labute approximate surface area is 198 Å². The van der Waals surface area contributed by atoms with Crippen molar-refractivity contribution in [1.29, 1.82) is 0 Å². The maximum absolute atomic E-state index is 6.42. The van der Waals surface area contributed by atoms with Gasteiger partial charge in [-0.05, 0) is 60.6 Å². The van der Waals surface area contributed by atoms with Gasteiger partial charge in [0, 0.05) is 5.69 Å². The summed E-state index contributed by atoms with van der Waals surface area (Å²) in [5.74, 6) is 1.78. The van der Waals surface area contributed by atoms with Crippen LogP contribution in [0.4, 0.5) is 5.69 Å². The van der Waals surface area contributed by atoms with Crippen LogP contribution in [0.15, 0.2) is 71.8 Å². The molecule has 0 amide bonds. The number of halogens is 1. The van der Waals surface area contributed by atoms with Crippen molar-refractivity contribution in [1.82, 2.24) is 5.43 Å². The van der Waals surface area contributed by atoms with Crippen LogP contribution in [0.25, 0.3) is 0 Å². The Morgan fingerprint density at radius 3 is 2.47 bits per heavy atom. The number of ether oxygens (including phenoxy) is 3. The minimum atomic E-state index is 0.318. The Kier molecular flexibility index (Phi) is 8.71. The molecule has 0 aliphatic heterocycles. The molecule has 6 nitrogen and oxygen atoms in total. The van der Waals surface area contributed by atoms with Gasteiger partial charge in [0.1, 0.15) is 19.0 Å². The summed E-state index contributed by atoms with van der Waals surface area (Å²) in [7, 11) is 1.56. The molecule has 2 N–H and O–H groups in total. The lowest BCUT2D eigenvalue weighted by Crippen LogP contribution is -2.23. The van der Waals surface area contributed by atoms with Gasteiger partial charge in [0.15, 0.2) is 16.6 Å². The molecule has 0 fully saturated rings. The van der Waals surface area contributed by atoms with E-state index in [4.69, 9.17) is 38.0 Å². The molecular formula is C24H24ClN3O3S. The summed E-state index contributed by atoms with van der Waals surface area (Å²) >= 11 is 11.6. The molecule has 0 unspecified atom stereocenters. The molecule has 0 saturated heterocycles. The summed E-state index contributed by atoms with van der Waals surface area (Å²) in [4.78, 5) is 0. The Hall–Kier alpha value is -3.29. The Morgan fingerprint density at radius 2 is 1.72 bits per heavy atom. The lowest BCUT2D eigenvalue weighted by atomic mass is 10.2. The van der Waals surface area contributed by atoms with E-state index in [0.29, 0.717) is 34.8 Å². The van der Waals surface area contributed by atoms with E-state index in [1.807, 2.05) is 61.5 Å². The van der Waals surface area contributed by atoms with E-state index in [-0.39, 0.29) is 0 Å². The van der Waals surface area contributed by atoms with Crippen LogP contribution in [0.5, 0.6) is 17.2 Å². The maximum Gasteiger partial charge on any atom is 0.191 e. The zero-order chi connectivity index (χ0) is 22.8. The monoisotopic (exact) mass is 469 g/mol. The van der Waals surface area contributed by atoms with Crippen molar-refractivity contribution in [2.24, 2.45) is 5.10 Å². The molecule has 0 aromatic heterocycles.